The first-order chi connectivity index (χ1) is 12.3. The van der Waals surface area contributed by atoms with Crippen LogP contribution in [0.1, 0.15) is 24.2 Å². The van der Waals surface area contributed by atoms with Crippen LogP contribution >= 0.6 is 0 Å². The fraction of sp³-hybridized carbons (Fsp3) is 0.368. The lowest BCUT2D eigenvalue weighted by molar-refractivity contribution is -0.125. The van der Waals surface area contributed by atoms with Crippen LogP contribution in [0, 0.1) is 11.3 Å². The van der Waals surface area contributed by atoms with Crippen molar-refractivity contribution >= 4 is 5.91 Å². The van der Waals surface area contributed by atoms with Crippen molar-refractivity contribution in [1.82, 2.24) is 10.2 Å². The predicted octanol–water partition coefficient (Wildman–Crippen LogP) is 2.31. The van der Waals surface area contributed by atoms with Crippen molar-refractivity contribution in [3.05, 3.63) is 54.0 Å². The van der Waals surface area contributed by atoms with E-state index in [1.165, 1.54) is 0 Å². The molecule has 1 N–H and O–H groups in total. The summed E-state index contributed by atoms with van der Waals surface area (Å²) in [6.07, 6.45) is 3.47. The molecule has 6 nitrogen and oxygen atoms in total. The number of nitrogens with one attached hydrogen (secondary N) is 1. The smallest absolute Gasteiger partial charge is 0.237 e. The molecular formula is C19H21N3O3. The van der Waals surface area contributed by atoms with Crippen molar-refractivity contribution < 1.29 is 13.9 Å². The highest BCUT2D eigenvalue weighted by Crippen LogP contribution is 2.18. The van der Waals surface area contributed by atoms with Gasteiger partial charge in [0.2, 0.25) is 5.91 Å². The third-order valence-corrected chi connectivity index (χ3v) is 4.31. The standard InChI is InChI=1S/C19H21N3O3/c20-13-15-5-7-16(8-6-15)25-12-10-22-9-1-4-18(22)19(23)21-14-17-3-2-11-24-17/h2-3,5-8,11,18H,1,4,9-10,12,14H2,(H,21,23). The Morgan fingerprint density at radius 1 is 1.36 bits per heavy atom. The number of furan rings is 1. The van der Waals surface area contributed by atoms with Gasteiger partial charge in [-0.3, -0.25) is 9.69 Å². The van der Waals surface area contributed by atoms with Gasteiger partial charge >= 0.3 is 0 Å². The van der Waals surface area contributed by atoms with Crippen LogP contribution in [0.5, 0.6) is 5.75 Å². The van der Waals surface area contributed by atoms with E-state index in [0.29, 0.717) is 25.3 Å². The summed E-state index contributed by atoms with van der Waals surface area (Å²) in [6, 6.07) is 12.7. The number of carbonyl (C=O) groups is 1. The largest absolute Gasteiger partial charge is 0.492 e. The maximum atomic E-state index is 12.4. The zero-order chi connectivity index (χ0) is 17.5. The molecule has 25 heavy (non-hydrogen) atoms. The number of ether oxygens (including phenoxy) is 1. The third kappa shape index (κ3) is 4.61. The first kappa shape index (κ1) is 17.1. The molecule has 1 fully saturated rings. The van der Waals surface area contributed by atoms with Crippen LogP contribution in [0.4, 0.5) is 0 Å². The van der Waals surface area contributed by atoms with E-state index in [0.717, 1.165) is 30.9 Å². The summed E-state index contributed by atoms with van der Waals surface area (Å²) in [5, 5.41) is 11.7. The Balaban J connectivity index is 1.44. The van der Waals surface area contributed by atoms with Gasteiger partial charge < -0.3 is 14.5 Å². The molecule has 1 aromatic carbocycles. The number of hydrogen-bond donors (Lipinski definition) is 1. The topological polar surface area (TPSA) is 78.5 Å². The maximum absolute atomic E-state index is 12.4. The first-order valence-electron chi connectivity index (χ1n) is 8.43. The molecule has 6 heteroatoms. The van der Waals surface area contributed by atoms with Crippen LogP contribution < -0.4 is 10.1 Å². The second kappa shape index (κ2) is 8.36. The highest BCUT2D eigenvalue weighted by molar-refractivity contribution is 5.81. The number of nitrogens with zero attached hydrogens (tertiary/aromatic N) is 2. The highest BCUT2D eigenvalue weighted by atomic mass is 16.5. The number of amides is 1. The lowest BCUT2D eigenvalue weighted by Gasteiger charge is -2.23. The molecule has 2 heterocycles. The summed E-state index contributed by atoms with van der Waals surface area (Å²) in [4.78, 5) is 14.5. The van der Waals surface area contributed by atoms with Gasteiger partial charge in [-0.2, -0.15) is 5.26 Å². The first-order valence-corrected chi connectivity index (χ1v) is 8.43. The Morgan fingerprint density at radius 2 is 2.20 bits per heavy atom. The monoisotopic (exact) mass is 339 g/mol. The summed E-state index contributed by atoms with van der Waals surface area (Å²) < 4.78 is 11.0. The molecule has 0 bridgehead atoms. The van der Waals surface area contributed by atoms with Crippen LogP contribution in [0.15, 0.2) is 47.1 Å². The predicted molar refractivity (Wildman–Crippen MR) is 91.8 cm³/mol. The number of hydrogen-bond acceptors (Lipinski definition) is 5. The SMILES string of the molecule is N#Cc1ccc(OCCN2CCCC2C(=O)NCc2ccco2)cc1. The van der Waals surface area contributed by atoms with Crippen molar-refractivity contribution in [2.45, 2.75) is 25.4 Å². The molecule has 130 valence electrons. The van der Waals surface area contributed by atoms with E-state index in [1.807, 2.05) is 12.1 Å². The van der Waals surface area contributed by atoms with E-state index in [2.05, 4.69) is 16.3 Å². The van der Waals surface area contributed by atoms with Crippen LogP contribution in [-0.2, 0) is 11.3 Å². The molecule has 3 rings (SSSR count). The molecule has 1 aliphatic heterocycles. The van der Waals surface area contributed by atoms with Crippen molar-refractivity contribution in [2.24, 2.45) is 0 Å². The van der Waals surface area contributed by atoms with Crippen LogP contribution in [0.3, 0.4) is 0 Å². The summed E-state index contributed by atoms with van der Waals surface area (Å²) in [7, 11) is 0. The van der Waals surface area contributed by atoms with Crippen LogP contribution in [-0.4, -0.2) is 36.5 Å². The van der Waals surface area contributed by atoms with Crippen molar-refractivity contribution in [3.8, 4) is 11.8 Å². The van der Waals surface area contributed by atoms with Crippen molar-refractivity contribution in [3.63, 3.8) is 0 Å². The zero-order valence-electron chi connectivity index (χ0n) is 14.0. The summed E-state index contributed by atoms with van der Waals surface area (Å²) in [6.45, 7) is 2.51. The molecule has 1 aromatic heterocycles. The molecule has 1 unspecified atom stereocenters. The molecule has 0 aliphatic carbocycles. The Labute approximate surface area is 147 Å². The fourth-order valence-corrected chi connectivity index (χ4v) is 3.00. The van der Waals surface area contributed by atoms with Gasteiger partial charge in [-0.25, -0.2) is 0 Å². The molecule has 1 aliphatic rings. The van der Waals surface area contributed by atoms with Gasteiger partial charge in [0, 0.05) is 6.54 Å². The normalized spacial score (nSPS) is 17.2. The molecule has 1 amide bonds. The maximum Gasteiger partial charge on any atom is 0.237 e. The highest BCUT2D eigenvalue weighted by Gasteiger charge is 2.30. The van der Waals surface area contributed by atoms with E-state index in [-0.39, 0.29) is 11.9 Å². The molecule has 2 aromatic rings. The van der Waals surface area contributed by atoms with Gasteiger partial charge in [-0.15, -0.1) is 0 Å². The molecule has 0 radical (unpaired) electrons. The molecule has 0 spiro atoms. The third-order valence-electron chi connectivity index (χ3n) is 4.31. The van der Waals surface area contributed by atoms with Gasteiger partial charge in [0.05, 0.1) is 30.5 Å². The summed E-state index contributed by atoms with van der Waals surface area (Å²) in [5.74, 6) is 1.52. The molecular weight excluding hydrogens is 318 g/mol. The Hall–Kier alpha value is -2.78. The molecule has 0 saturated carbocycles. The average molecular weight is 339 g/mol. The second-order valence-corrected chi connectivity index (χ2v) is 5.98. The van der Waals surface area contributed by atoms with Crippen molar-refractivity contribution in [1.29, 1.82) is 5.26 Å². The van der Waals surface area contributed by atoms with Crippen LogP contribution in [0.25, 0.3) is 0 Å². The fourth-order valence-electron chi connectivity index (χ4n) is 3.00. The van der Waals surface area contributed by atoms with Gasteiger partial charge in [0.25, 0.3) is 0 Å². The van der Waals surface area contributed by atoms with E-state index >= 15 is 0 Å². The number of nitriles is 1. The van der Waals surface area contributed by atoms with Gasteiger partial charge in [-0.1, -0.05) is 0 Å². The summed E-state index contributed by atoms with van der Waals surface area (Å²) in [5.41, 5.74) is 0.611. The minimum absolute atomic E-state index is 0.0345. The van der Waals surface area contributed by atoms with Gasteiger partial charge in [0.1, 0.15) is 18.1 Å². The Morgan fingerprint density at radius 3 is 2.92 bits per heavy atom. The molecule has 1 saturated heterocycles. The molecule has 1 atom stereocenters. The Kier molecular flexibility index (Phi) is 5.70. The lowest BCUT2D eigenvalue weighted by Crippen LogP contribution is -2.44. The van der Waals surface area contributed by atoms with E-state index < -0.39 is 0 Å². The number of carbonyl (C=O) groups excluding carboxylic acids is 1. The second-order valence-electron chi connectivity index (χ2n) is 5.98. The number of rotatable bonds is 7. The number of benzene rings is 1. The Bertz CT molecular complexity index is 719. The van der Waals surface area contributed by atoms with E-state index in [4.69, 9.17) is 14.4 Å². The summed E-state index contributed by atoms with van der Waals surface area (Å²) >= 11 is 0. The lowest BCUT2D eigenvalue weighted by atomic mass is 10.2. The minimum Gasteiger partial charge on any atom is -0.492 e. The van der Waals surface area contributed by atoms with Gasteiger partial charge in [0.15, 0.2) is 0 Å². The van der Waals surface area contributed by atoms with Crippen LogP contribution in [0.2, 0.25) is 0 Å². The quantitative estimate of drug-likeness (QED) is 0.837. The number of likely N-dealkylation sites (tertiary alicyclic amines) is 1. The minimum atomic E-state index is -0.112. The van der Waals surface area contributed by atoms with Gasteiger partial charge in [-0.05, 0) is 55.8 Å². The average Bonchev–Trinajstić information content (AvgIpc) is 3.32. The van der Waals surface area contributed by atoms with Crippen molar-refractivity contribution in [2.75, 3.05) is 19.7 Å². The van der Waals surface area contributed by atoms with E-state index in [1.54, 1.807) is 30.5 Å². The van der Waals surface area contributed by atoms with E-state index in [9.17, 15) is 4.79 Å². The zero-order valence-corrected chi connectivity index (χ0v) is 14.0.